The van der Waals surface area contributed by atoms with Crippen LogP contribution in [0.4, 0.5) is 11.4 Å². The molecule has 8 nitrogen and oxygen atoms in total. The molecule has 0 aliphatic heterocycles. The van der Waals surface area contributed by atoms with Crippen LogP contribution < -0.4 is 9.21 Å². The van der Waals surface area contributed by atoms with Crippen molar-refractivity contribution in [3.63, 3.8) is 0 Å². The zero-order valence-corrected chi connectivity index (χ0v) is 19.3. The van der Waals surface area contributed by atoms with Crippen molar-refractivity contribution in [2.45, 2.75) is 24.3 Å². The second kappa shape index (κ2) is 10.3. The predicted molar refractivity (Wildman–Crippen MR) is 130 cm³/mol. The first kappa shape index (κ1) is 24.6. The molecule has 0 spiro atoms. The molecule has 0 aliphatic rings. The molecule has 3 aromatic carbocycles. The van der Waals surface area contributed by atoms with Gasteiger partial charge in [-0.05, 0) is 31.2 Å². The Morgan fingerprint density at radius 2 is 1.47 bits per heavy atom. The molecule has 0 aromatic heterocycles. The zero-order chi connectivity index (χ0) is 24.9. The minimum absolute atomic E-state index is 0.0338. The molecule has 3 rings (SSSR count). The molecule has 0 fully saturated rings. The Bertz CT molecular complexity index is 1350. The number of carbonyl (C=O) groups is 2. The van der Waals surface area contributed by atoms with Gasteiger partial charge in [-0.25, -0.2) is 8.42 Å². The normalized spacial score (nSPS) is 12.0. The molecule has 0 heterocycles. The summed E-state index contributed by atoms with van der Waals surface area (Å²) in [5, 5.41) is 19.9. The lowest BCUT2D eigenvalue weighted by atomic mass is 10.0. The Labute approximate surface area is 198 Å². The third kappa shape index (κ3) is 5.13. The number of hydrogen-bond donors (Lipinski definition) is 2. The van der Waals surface area contributed by atoms with Gasteiger partial charge in [-0.2, -0.15) is 0 Å². The maximum absolute atomic E-state index is 13.4. The summed E-state index contributed by atoms with van der Waals surface area (Å²) in [6.07, 6.45) is 5.39. The van der Waals surface area contributed by atoms with Crippen LogP contribution in [0.15, 0.2) is 71.6 Å². The molecule has 3 aromatic rings. The Morgan fingerprint density at radius 1 is 0.912 bits per heavy atom. The first-order valence-electron chi connectivity index (χ1n) is 10.4. The van der Waals surface area contributed by atoms with Crippen molar-refractivity contribution in [2.24, 2.45) is 0 Å². The number of aliphatic carboxylic acids is 2. The molecule has 0 bridgehead atoms. The van der Waals surface area contributed by atoms with Gasteiger partial charge in [-0.15, -0.1) is 6.42 Å². The minimum atomic E-state index is -4.19. The second-order valence-corrected chi connectivity index (χ2v) is 9.51. The maximum Gasteiger partial charge on any atom is 0.324 e. The van der Waals surface area contributed by atoms with Crippen LogP contribution in [0.2, 0.25) is 0 Å². The van der Waals surface area contributed by atoms with Crippen molar-refractivity contribution >= 4 is 44.1 Å². The van der Waals surface area contributed by atoms with Crippen LogP contribution >= 0.6 is 0 Å². The summed E-state index contributed by atoms with van der Waals surface area (Å²) >= 11 is 0. The molecule has 176 valence electrons. The summed E-state index contributed by atoms with van der Waals surface area (Å²) in [5.74, 6) is 0.260. The summed E-state index contributed by atoms with van der Waals surface area (Å²) in [5.41, 5.74) is 0.815. The second-order valence-electron chi connectivity index (χ2n) is 7.65. The quantitative estimate of drug-likeness (QED) is 0.427. The van der Waals surface area contributed by atoms with Gasteiger partial charge in [0.15, 0.2) is 0 Å². The number of nitrogens with zero attached hydrogens (tertiary/aromatic N) is 2. The fourth-order valence-corrected chi connectivity index (χ4v) is 5.27. The molecular formula is C25H24N2O6S. The highest BCUT2D eigenvalue weighted by atomic mass is 32.2. The number of benzene rings is 3. The third-order valence-corrected chi connectivity index (χ3v) is 7.10. The van der Waals surface area contributed by atoms with Crippen LogP contribution in [0.3, 0.4) is 0 Å². The van der Waals surface area contributed by atoms with Gasteiger partial charge in [0, 0.05) is 22.5 Å². The van der Waals surface area contributed by atoms with E-state index in [1.54, 1.807) is 60.4 Å². The van der Waals surface area contributed by atoms with E-state index in [0.717, 1.165) is 4.31 Å². The number of hydrogen-bond acceptors (Lipinski definition) is 5. The van der Waals surface area contributed by atoms with E-state index in [-0.39, 0.29) is 23.5 Å². The number of terminal acetylenes is 1. The lowest BCUT2D eigenvalue weighted by molar-refractivity contribution is -0.137. The molecule has 2 N–H and O–H groups in total. The number of sulfonamides is 1. The highest BCUT2D eigenvalue weighted by molar-refractivity contribution is 7.92. The first-order chi connectivity index (χ1) is 16.2. The van der Waals surface area contributed by atoms with E-state index in [1.807, 2.05) is 0 Å². The van der Waals surface area contributed by atoms with Crippen molar-refractivity contribution in [1.82, 2.24) is 0 Å². The van der Waals surface area contributed by atoms with E-state index in [1.165, 1.54) is 18.2 Å². The molecule has 0 unspecified atom stereocenters. The number of fused-ring (bicyclic) bond motifs is 1. The predicted octanol–water partition coefficient (Wildman–Crippen LogP) is 3.42. The molecule has 0 amide bonds. The molecule has 0 radical (unpaired) electrons. The van der Waals surface area contributed by atoms with Crippen LogP contribution in [-0.2, 0) is 19.6 Å². The zero-order valence-electron chi connectivity index (χ0n) is 18.5. The fourth-order valence-electron chi connectivity index (χ4n) is 3.82. The molecule has 0 saturated heterocycles. The summed E-state index contributed by atoms with van der Waals surface area (Å²) in [6, 6.07) is 17.3. The van der Waals surface area contributed by atoms with E-state index < -0.39 is 34.5 Å². The standard InChI is InChI=1S/C25H24N2O6S/c1-3-15-26(18(2)16-24(28)29)22-13-14-23(21-12-8-7-11-20(21)22)27(17-25(30)31)34(32,33)19-9-5-4-6-10-19/h1,4-14,18H,15-17H2,2H3,(H,28,29)(H,30,31)/t18-/m0/s1. The third-order valence-electron chi connectivity index (χ3n) is 5.33. The smallest absolute Gasteiger partial charge is 0.324 e. The topological polar surface area (TPSA) is 115 Å². The molecule has 9 heteroatoms. The summed E-state index contributed by atoms with van der Waals surface area (Å²) in [4.78, 5) is 24.7. The average molecular weight is 481 g/mol. The Morgan fingerprint density at radius 3 is 2.03 bits per heavy atom. The molecule has 1 atom stereocenters. The lowest BCUT2D eigenvalue weighted by Crippen LogP contribution is -2.37. The van der Waals surface area contributed by atoms with Crippen molar-refractivity contribution < 1.29 is 28.2 Å². The van der Waals surface area contributed by atoms with Crippen LogP contribution in [0, 0.1) is 12.3 Å². The van der Waals surface area contributed by atoms with E-state index in [0.29, 0.717) is 16.5 Å². The van der Waals surface area contributed by atoms with Crippen LogP contribution in [0.1, 0.15) is 13.3 Å². The largest absolute Gasteiger partial charge is 0.481 e. The lowest BCUT2D eigenvalue weighted by Gasteiger charge is -2.31. The Balaban J connectivity index is 2.23. The minimum Gasteiger partial charge on any atom is -0.481 e. The van der Waals surface area contributed by atoms with Gasteiger partial charge in [0.25, 0.3) is 10.0 Å². The van der Waals surface area contributed by atoms with Gasteiger partial charge in [0.05, 0.1) is 23.5 Å². The van der Waals surface area contributed by atoms with Crippen LogP contribution in [0.25, 0.3) is 10.8 Å². The molecule has 0 aliphatic carbocycles. The highest BCUT2D eigenvalue weighted by Crippen LogP contribution is 2.37. The summed E-state index contributed by atoms with van der Waals surface area (Å²) < 4.78 is 27.7. The van der Waals surface area contributed by atoms with Crippen LogP contribution in [-0.4, -0.2) is 49.7 Å². The van der Waals surface area contributed by atoms with Crippen molar-refractivity contribution in [3.8, 4) is 12.3 Å². The maximum atomic E-state index is 13.4. The monoisotopic (exact) mass is 480 g/mol. The Hall–Kier alpha value is -4.03. The van der Waals surface area contributed by atoms with Gasteiger partial charge in [0.1, 0.15) is 6.54 Å². The van der Waals surface area contributed by atoms with Gasteiger partial charge >= 0.3 is 11.9 Å². The summed E-state index contributed by atoms with van der Waals surface area (Å²) in [7, 11) is -4.19. The molecular weight excluding hydrogens is 456 g/mol. The van der Waals surface area contributed by atoms with Crippen molar-refractivity contribution in [2.75, 3.05) is 22.3 Å². The first-order valence-corrected chi connectivity index (χ1v) is 11.8. The van der Waals surface area contributed by atoms with Gasteiger partial charge in [-0.1, -0.05) is 48.4 Å². The fraction of sp³-hybridized carbons (Fsp3) is 0.200. The van der Waals surface area contributed by atoms with E-state index in [2.05, 4.69) is 5.92 Å². The number of carboxylic acids is 2. The van der Waals surface area contributed by atoms with E-state index >= 15 is 0 Å². The number of carboxylic acid groups (broad SMARTS) is 2. The van der Waals surface area contributed by atoms with Crippen molar-refractivity contribution in [3.05, 3.63) is 66.7 Å². The van der Waals surface area contributed by atoms with Crippen LogP contribution in [0.5, 0.6) is 0 Å². The highest BCUT2D eigenvalue weighted by Gasteiger charge is 2.29. The molecule has 0 saturated carbocycles. The van der Waals surface area contributed by atoms with E-state index in [9.17, 15) is 28.2 Å². The average Bonchev–Trinajstić information content (AvgIpc) is 2.80. The Kier molecular flexibility index (Phi) is 7.44. The van der Waals surface area contributed by atoms with Gasteiger partial charge in [0.2, 0.25) is 0 Å². The summed E-state index contributed by atoms with van der Waals surface area (Å²) in [6.45, 7) is 1.10. The van der Waals surface area contributed by atoms with Crippen molar-refractivity contribution in [1.29, 1.82) is 0 Å². The van der Waals surface area contributed by atoms with Gasteiger partial charge < -0.3 is 15.1 Å². The van der Waals surface area contributed by atoms with E-state index in [4.69, 9.17) is 6.42 Å². The SMILES string of the molecule is C#CCN(c1ccc(N(CC(=O)O)S(=O)(=O)c2ccccc2)c2ccccc12)[C@@H](C)CC(=O)O. The number of anilines is 2. The van der Waals surface area contributed by atoms with Gasteiger partial charge in [-0.3, -0.25) is 13.9 Å². The number of rotatable bonds is 10. The molecule has 34 heavy (non-hydrogen) atoms.